The first-order valence-corrected chi connectivity index (χ1v) is 11.8. The molecule has 0 N–H and O–H groups in total. The molecule has 0 unspecified atom stereocenters. The summed E-state index contributed by atoms with van der Waals surface area (Å²) >= 11 is 0. The van der Waals surface area contributed by atoms with Crippen LogP contribution in [0.25, 0.3) is 0 Å². The third kappa shape index (κ3) is 3.91. The highest BCUT2D eigenvalue weighted by Gasteiger charge is 2.60. The van der Waals surface area contributed by atoms with E-state index in [9.17, 15) is 9.59 Å². The molecule has 180 valence electrons. The molecule has 2 amide bonds. The Morgan fingerprint density at radius 1 is 0.914 bits per heavy atom. The molecule has 3 aromatic carbocycles. The number of nitrogens with zero attached hydrogens (tertiary/aromatic N) is 3. The molecule has 2 saturated heterocycles. The van der Waals surface area contributed by atoms with Crippen LogP contribution in [0.4, 0.5) is 17.1 Å². The zero-order chi connectivity index (χ0) is 24.7. The maximum absolute atomic E-state index is 13.8. The lowest BCUT2D eigenvalue weighted by atomic mass is 9.90. The molecule has 7 nitrogen and oxygen atoms in total. The van der Waals surface area contributed by atoms with Crippen LogP contribution < -0.4 is 19.6 Å². The molecule has 35 heavy (non-hydrogen) atoms. The maximum atomic E-state index is 13.8. The van der Waals surface area contributed by atoms with E-state index in [-0.39, 0.29) is 11.8 Å². The second kappa shape index (κ2) is 9.07. The Morgan fingerprint density at radius 3 is 2.23 bits per heavy atom. The van der Waals surface area contributed by atoms with Gasteiger partial charge < -0.3 is 9.64 Å². The molecule has 7 heteroatoms. The van der Waals surface area contributed by atoms with Gasteiger partial charge in [0.2, 0.25) is 5.91 Å². The lowest BCUT2D eigenvalue weighted by Gasteiger charge is -2.30. The van der Waals surface area contributed by atoms with E-state index in [1.54, 1.807) is 29.3 Å². The van der Waals surface area contributed by atoms with Crippen molar-refractivity contribution in [2.24, 2.45) is 5.92 Å². The normalized spacial score (nSPS) is 21.4. The van der Waals surface area contributed by atoms with Gasteiger partial charge in [-0.2, -0.15) is 0 Å². The Balaban J connectivity index is 1.54. The first kappa shape index (κ1) is 22.9. The van der Waals surface area contributed by atoms with Crippen LogP contribution in [0, 0.1) is 12.8 Å². The molecule has 0 spiro atoms. The number of amides is 2. The average Bonchev–Trinajstić information content (AvgIpc) is 3.36. The third-order valence-corrected chi connectivity index (χ3v) is 6.63. The third-order valence-electron chi connectivity index (χ3n) is 6.63. The van der Waals surface area contributed by atoms with E-state index in [1.807, 2.05) is 81.4 Å². The van der Waals surface area contributed by atoms with E-state index >= 15 is 0 Å². The number of fused-ring (bicyclic) bond motifs is 1. The van der Waals surface area contributed by atoms with E-state index < -0.39 is 18.1 Å². The number of hydrogen-bond donors (Lipinski definition) is 0. The lowest BCUT2D eigenvalue weighted by Crippen LogP contribution is -2.37. The van der Waals surface area contributed by atoms with Crippen molar-refractivity contribution in [2.75, 3.05) is 35.6 Å². The first-order valence-electron chi connectivity index (χ1n) is 11.8. The number of anilines is 3. The quantitative estimate of drug-likeness (QED) is 0.493. The predicted molar refractivity (Wildman–Crippen MR) is 136 cm³/mol. The summed E-state index contributed by atoms with van der Waals surface area (Å²) in [6.07, 6.45) is -0.896. The fraction of sp³-hybridized carbons (Fsp3) is 0.286. The molecule has 0 bridgehead atoms. The summed E-state index contributed by atoms with van der Waals surface area (Å²) in [6.45, 7) is 4.45. The van der Waals surface area contributed by atoms with Gasteiger partial charge in [-0.15, -0.1) is 0 Å². The minimum absolute atomic E-state index is 0.262. The molecule has 2 aliphatic rings. The second-order valence-corrected chi connectivity index (χ2v) is 9.03. The SMILES string of the molecule is CCOc1ccc(N2C(=O)[C@H]3[C@H](ON(c4ccccc4C)[C@@H]3c3ccc(N(C)C)cc3)C2=O)cc1. The number of aryl methyl sites for hydroxylation is 1. The van der Waals surface area contributed by atoms with Crippen molar-refractivity contribution >= 4 is 28.9 Å². The van der Waals surface area contributed by atoms with E-state index in [2.05, 4.69) is 0 Å². The molecule has 0 radical (unpaired) electrons. The predicted octanol–water partition coefficient (Wildman–Crippen LogP) is 4.51. The zero-order valence-electron chi connectivity index (χ0n) is 20.3. The van der Waals surface area contributed by atoms with Crippen molar-refractivity contribution in [3.63, 3.8) is 0 Å². The number of rotatable bonds is 6. The average molecular weight is 472 g/mol. The summed E-state index contributed by atoms with van der Waals surface area (Å²) in [7, 11) is 3.97. The number of benzene rings is 3. The Labute approximate surface area is 205 Å². The fourth-order valence-corrected chi connectivity index (χ4v) is 4.86. The number of hydrogen-bond acceptors (Lipinski definition) is 6. The zero-order valence-corrected chi connectivity index (χ0v) is 20.3. The minimum atomic E-state index is -0.896. The monoisotopic (exact) mass is 471 g/mol. The highest BCUT2D eigenvalue weighted by Crippen LogP contribution is 2.48. The standard InChI is InChI=1S/C28H29N3O4/c1-5-34-22-16-14-21(15-17-22)30-27(32)24-25(19-10-12-20(13-11-19)29(3)4)31(35-26(24)28(30)33)23-9-7-6-8-18(23)2/h6-17,24-26H,5H2,1-4H3/t24-,25-,26+/m1/s1. The van der Waals surface area contributed by atoms with Gasteiger partial charge in [0, 0.05) is 19.8 Å². The Hall–Kier alpha value is -3.84. The van der Waals surface area contributed by atoms with Crippen molar-refractivity contribution in [2.45, 2.75) is 26.0 Å². The van der Waals surface area contributed by atoms with Gasteiger partial charge in [-0.3, -0.25) is 14.4 Å². The molecule has 3 atom stereocenters. The minimum Gasteiger partial charge on any atom is -0.494 e. The molecule has 2 fully saturated rings. The first-order chi connectivity index (χ1) is 16.9. The highest BCUT2D eigenvalue weighted by molar-refractivity contribution is 6.24. The highest BCUT2D eigenvalue weighted by atomic mass is 16.7. The molecular formula is C28H29N3O4. The van der Waals surface area contributed by atoms with Crippen LogP contribution in [0.5, 0.6) is 5.75 Å². The molecule has 5 rings (SSSR count). The number of imide groups is 1. The molecule has 2 heterocycles. The molecular weight excluding hydrogens is 442 g/mol. The summed E-state index contributed by atoms with van der Waals surface area (Å²) in [6, 6.07) is 22.5. The van der Waals surface area contributed by atoms with Crippen LogP contribution >= 0.6 is 0 Å². The number of para-hydroxylation sites is 1. The van der Waals surface area contributed by atoms with Gasteiger partial charge in [0.15, 0.2) is 6.10 Å². The van der Waals surface area contributed by atoms with Gasteiger partial charge in [-0.05, 0) is 67.4 Å². The van der Waals surface area contributed by atoms with Crippen LogP contribution in [0.2, 0.25) is 0 Å². The molecule has 0 aromatic heterocycles. The maximum Gasteiger partial charge on any atom is 0.266 e. The number of carbonyl (C=O) groups is 2. The van der Waals surface area contributed by atoms with Gasteiger partial charge >= 0.3 is 0 Å². The van der Waals surface area contributed by atoms with Crippen LogP contribution in [0.15, 0.2) is 72.8 Å². The fourth-order valence-electron chi connectivity index (χ4n) is 4.86. The number of hydroxylamine groups is 1. The van der Waals surface area contributed by atoms with Gasteiger partial charge in [-0.25, -0.2) is 9.96 Å². The van der Waals surface area contributed by atoms with Crippen LogP contribution in [-0.2, 0) is 14.4 Å². The Bertz CT molecular complexity index is 1240. The van der Waals surface area contributed by atoms with Crippen LogP contribution in [0.1, 0.15) is 24.1 Å². The van der Waals surface area contributed by atoms with Crippen molar-refractivity contribution in [3.05, 3.63) is 83.9 Å². The molecule has 3 aromatic rings. The van der Waals surface area contributed by atoms with Crippen molar-refractivity contribution in [1.82, 2.24) is 0 Å². The van der Waals surface area contributed by atoms with Crippen molar-refractivity contribution < 1.29 is 19.2 Å². The Morgan fingerprint density at radius 2 is 1.60 bits per heavy atom. The van der Waals surface area contributed by atoms with Crippen molar-refractivity contribution in [1.29, 1.82) is 0 Å². The van der Waals surface area contributed by atoms with Crippen LogP contribution in [-0.4, -0.2) is 38.6 Å². The number of ether oxygens (including phenoxy) is 1. The summed E-state index contributed by atoms with van der Waals surface area (Å²) < 4.78 is 5.50. The van der Waals surface area contributed by atoms with E-state index in [4.69, 9.17) is 9.57 Å². The van der Waals surface area contributed by atoms with E-state index in [1.165, 1.54) is 4.90 Å². The molecule has 2 aliphatic heterocycles. The van der Waals surface area contributed by atoms with Gasteiger partial charge in [0.25, 0.3) is 5.91 Å². The summed E-state index contributed by atoms with van der Waals surface area (Å²) in [5.41, 5.74) is 4.34. The Kier molecular flexibility index (Phi) is 5.94. The van der Waals surface area contributed by atoms with E-state index in [0.717, 1.165) is 22.5 Å². The lowest BCUT2D eigenvalue weighted by molar-refractivity contribution is -0.126. The topological polar surface area (TPSA) is 62.3 Å². The van der Waals surface area contributed by atoms with Crippen LogP contribution in [0.3, 0.4) is 0 Å². The molecule has 0 saturated carbocycles. The van der Waals surface area contributed by atoms with Gasteiger partial charge in [0.1, 0.15) is 11.7 Å². The smallest absolute Gasteiger partial charge is 0.266 e. The van der Waals surface area contributed by atoms with E-state index in [0.29, 0.717) is 18.0 Å². The van der Waals surface area contributed by atoms with Gasteiger partial charge in [0.05, 0.1) is 24.0 Å². The van der Waals surface area contributed by atoms with Crippen molar-refractivity contribution in [3.8, 4) is 5.75 Å². The largest absolute Gasteiger partial charge is 0.494 e. The number of carbonyl (C=O) groups excluding carboxylic acids is 2. The second-order valence-electron chi connectivity index (χ2n) is 9.03. The molecule has 0 aliphatic carbocycles. The summed E-state index contributed by atoms with van der Waals surface area (Å²) in [5.74, 6) is -0.590. The summed E-state index contributed by atoms with van der Waals surface area (Å²) in [4.78, 5) is 36.8. The van der Waals surface area contributed by atoms with Gasteiger partial charge in [-0.1, -0.05) is 30.3 Å². The summed E-state index contributed by atoms with van der Waals surface area (Å²) in [5, 5.41) is 1.75.